The third-order valence-corrected chi connectivity index (χ3v) is 6.03. The fourth-order valence-corrected chi connectivity index (χ4v) is 4.34. The summed E-state index contributed by atoms with van der Waals surface area (Å²) in [7, 11) is 0. The first-order chi connectivity index (χ1) is 17.8. The van der Waals surface area contributed by atoms with Gasteiger partial charge in [0.1, 0.15) is 11.3 Å². The van der Waals surface area contributed by atoms with Gasteiger partial charge in [-0.05, 0) is 76.4 Å². The van der Waals surface area contributed by atoms with E-state index in [9.17, 15) is 4.79 Å². The third-order valence-electron chi connectivity index (χ3n) is 6.03. The van der Waals surface area contributed by atoms with Crippen LogP contribution in [-0.2, 0) is 17.7 Å². The molecule has 1 aliphatic heterocycles. The van der Waals surface area contributed by atoms with Gasteiger partial charge in [0, 0.05) is 54.7 Å². The number of amides is 1. The van der Waals surface area contributed by atoms with Crippen LogP contribution < -0.4 is 10.2 Å². The van der Waals surface area contributed by atoms with Crippen LogP contribution in [0.2, 0.25) is 0 Å². The topological polar surface area (TPSA) is 98.1 Å². The summed E-state index contributed by atoms with van der Waals surface area (Å²) < 4.78 is 7.54. The monoisotopic (exact) mass is 497 g/mol. The number of aromatic nitrogens is 5. The Labute approximate surface area is 216 Å². The van der Waals surface area contributed by atoms with E-state index < -0.39 is 5.60 Å². The lowest BCUT2D eigenvalue weighted by molar-refractivity contribution is 0.0578. The number of hydrogen-bond donors (Lipinski definition) is 1. The van der Waals surface area contributed by atoms with Crippen LogP contribution in [0, 0.1) is 0 Å². The molecular weight excluding hydrogens is 466 g/mol. The molecule has 9 nitrogen and oxygen atoms in total. The lowest BCUT2D eigenvalue weighted by atomic mass is 10.0. The standard InChI is InChI=1S/C28H31N7O2/c1-5-34-18-22(25(33-34)20-8-6-13-29-17-20)23-12-14-30-26(32-23)31-21-11-10-19-9-7-15-35(24(19)16-21)27(36)37-28(2,3)4/h6,8,10-14,16-18H,5,7,9,15H2,1-4H3,(H,30,31,32). The molecule has 4 aromatic rings. The van der Waals surface area contributed by atoms with E-state index in [2.05, 4.69) is 15.3 Å². The summed E-state index contributed by atoms with van der Waals surface area (Å²) in [5.41, 5.74) is 5.61. The molecule has 0 saturated carbocycles. The molecule has 0 fully saturated rings. The van der Waals surface area contributed by atoms with Gasteiger partial charge in [-0.3, -0.25) is 14.6 Å². The molecule has 0 saturated heterocycles. The maximum Gasteiger partial charge on any atom is 0.414 e. The highest BCUT2D eigenvalue weighted by atomic mass is 16.6. The van der Waals surface area contributed by atoms with Gasteiger partial charge in [-0.1, -0.05) is 6.07 Å². The number of rotatable bonds is 5. The maximum absolute atomic E-state index is 12.9. The smallest absolute Gasteiger partial charge is 0.414 e. The van der Waals surface area contributed by atoms with E-state index in [1.807, 2.05) is 75.0 Å². The van der Waals surface area contributed by atoms with Gasteiger partial charge in [0.15, 0.2) is 0 Å². The predicted octanol–water partition coefficient (Wildman–Crippen LogP) is 5.85. The van der Waals surface area contributed by atoms with Gasteiger partial charge >= 0.3 is 6.09 Å². The average molecular weight is 498 g/mol. The minimum absolute atomic E-state index is 0.334. The van der Waals surface area contributed by atoms with Gasteiger partial charge < -0.3 is 10.1 Å². The Bertz CT molecular complexity index is 1410. The SMILES string of the molecule is CCn1cc(-c2ccnc(Nc3ccc4c(c3)N(C(=O)OC(C)(C)C)CCC4)n2)c(-c2cccnc2)n1. The minimum atomic E-state index is -0.556. The summed E-state index contributed by atoms with van der Waals surface area (Å²) in [4.78, 5) is 28.1. The maximum atomic E-state index is 12.9. The lowest BCUT2D eigenvalue weighted by Crippen LogP contribution is -2.39. The molecule has 190 valence electrons. The molecule has 1 N–H and O–H groups in total. The molecule has 0 unspecified atom stereocenters. The Morgan fingerprint density at radius 3 is 2.78 bits per heavy atom. The largest absolute Gasteiger partial charge is 0.443 e. The summed E-state index contributed by atoms with van der Waals surface area (Å²) in [6, 6.07) is 11.8. The zero-order valence-electron chi connectivity index (χ0n) is 21.6. The van der Waals surface area contributed by atoms with Crippen molar-refractivity contribution < 1.29 is 9.53 Å². The van der Waals surface area contributed by atoms with Crippen LogP contribution in [0.25, 0.3) is 22.5 Å². The lowest BCUT2D eigenvalue weighted by Gasteiger charge is -2.32. The number of carbonyl (C=O) groups excluding carboxylic acids is 1. The molecule has 9 heteroatoms. The summed E-state index contributed by atoms with van der Waals surface area (Å²) in [5.74, 6) is 0.457. The highest BCUT2D eigenvalue weighted by Crippen LogP contribution is 2.33. The van der Waals surface area contributed by atoms with Crippen LogP contribution in [0.5, 0.6) is 0 Å². The predicted molar refractivity (Wildman–Crippen MR) is 144 cm³/mol. The Hall–Kier alpha value is -4.27. The van der Waals surface area contributed by atoms with E-state index in [1.54, 1.807) is 23.5 Å². The second-order valence-corrected chi connectivity index (χ2v) is 9.96. The summed E-state index contributed by atoms with van der Waals surface area (Å²) in [5, 5.41) is 8.05. The first kappa shape index (κ1) is 24.4. The highest BCUT2D eigenvalue weighted by molar-refractivity contribution is 5.90. The first-order valence-corrected chi connectivity index (χ1v) is 12.5. The Morgan fingerprint density at radius 1 is 1.16 bits per heavy atom. The van der Waals surface area contributed by atoms with Gasteiger partial charge in [0.2, 0.25) is 5.95 Å². The van der Waals surface area contributed by atoms with Crippen molar-refractivity contribution in [2.24, 2.45) is 0 Å². The quantitative estimate of drug-likeness (QED) is 0.369. The molecule has 37 heavy (non-hydrogen) atoms. The van der Waals surface area contributed by atoms with Gasteiger partial charge in [-0.25, -0.2) is 14.8 Å². The van der Waals surface area contributed by atoms with E-state index >= 15 is 0 Å². The van der Waals surface area contributed by atoms with Gasteiger partial charge in [-0.2, -0.15) is 5.10 Å². The number of hydrogen-bond acceptors (Lipinski definition) is 7. The van der Waals surface area contributed by atoms with Crippen LogP contribution in [-0.4, -0.2) is 43.0 Å². The zero-order chi connectivity index (χ0) is 26.0. The number of aryl methyl sites for hydroxylation is 2. The van der Waals surface area contributed by atoms with Crippen LogP contribution in [0.1, 0.15) is 39.7 Å². The van der Waals surface area contributed by atoms with E-state index in [4.69, 9.17) is 14.8 Å². The van der Waals surface area contributed by atoms with Crippen molar-refractivity contribution >= 4 is 23.4 Å². The molecule has 0 aliphatic carbocycles. The number of nitrogens with one attached hydrogen (secondary N) is 1. The van der Waals surface area contributed by atoms with Crippen molar-refractivity contribution in [3.8, 4) is 22.5 Å². The Kier molecular flexibility index (Phi) is 6.60. The van der Waals surface area contributed by atoms with Crippen molar-refractivity contribution in [3.63, 3.8) is 0 Å². The molecule has 4 heterocycles. The molecule has 1 amide bonds. The fourth-order valence-electron chi connectivity index (χ4n) is 4.34. The van der Waals surface area contributed by atoms with E-state index in [0.29, 0.717) is 12.5 Å². The van der Waals surface area contributed by atoms with Crippen LogP contribution in [0.15, 0.2) is 61.2 Å². The molecule has 0 atom stereocenters. The van der Waals surface area contributed by atoms with E-state index in [-0.39, 0.29) is 6.09 Å². The molecule has 3 aromatic heterocycles. The van der Waals surface area contributed by atoms with Crippen LogP contribution in [0.4, 0.5) is 22.1 Å². The molecule has 5 rings (SSSR count). The van der Waals surface area contributed by atoms with Gasteiger partial charge in [-0.15, -0.1) is 0 Å². The van der Waals surface area contributed by atoms with Crippen molar-refractivity contribution in [1.29, 1.82) is 0 Å². The summed E-state index contributed by atoms with van der Waals surface area (Å²) in [6.45, 7) is 9.04. The first-order valence-electron chi connectivity index (χ1n) is 12.5. The number of ether oxygens (including phenoxy) is 1. The fraction of sp³-hybridized carbons (Fsp3) is 0.321. The zero-order valence-corrected chi connectivity index (χ0v) is 21.6. The van der Waals surface area contributed by atoms with E-state index in [0.717, 1.165) is 58.8 Å². The molecule has 1 aromatic carbocycles. The van der Waals surface area contributed by atoms with E-state index in [1.165, 1.54) is 0 Å². The number of benzene rings is 1. The normalized spacial score (nSPS) is 13.2. The highest BCUT2D eigenvalue weighted by Gasteiger charge is 2.27. The van der Waals surface area contributed by atoms with Crippen LogP contribution in [0.3, 0.4) is 0 Å². The van der Waals surface area contributed by atoms with Gasteiger partial charge in [0.25, 0.3) is 0 Å². The summed E-state index contributed by atoms with van der Waals surface area (Å²) in [6.07, 6.45) is 8.75. The molecule has 0 radical (unpaired) electrons. The van der Waals surface area contributed by atoms with Crippen molar-refractivity contribution in [1.82, 2.24) is 24.7 Å². The number of carbonyl (C=O) groups is 1. The second-order valence-electron chi connectivity index (χ2n) is 9.96. The molecule has 1 aliphatic rings. The second kappa shape index (κ2) is 10.0. The van der Waals surface area contributed by atoms with Crippen molar-refractivity contribution in [2.45, 2.75) is 52.7 Å². The molecular formula is C28H31N7O2. The average Bonchev–Trinajstić information content (AvgIpc) is 3.33. The number of pyridine rings is 1. The Balaban J connectivity index is 1.44. The minimum Gasteiger partial charge on any atom is -0.443 e. The molecule has 0 spiro atoms. The number of fused-ring (bicyclic) bond motifs is 1. The summed E-state index contributed by atoms with van der Waals surface area (Å²) >= 11 is 0. The number of anilines is 3. The number of nitrogens with zero attached hydrogens (tertiary/aromatic N) is 6. The van der Waals surface area contributed by atoms with Crippen molar-refractivity contribution in [3.05, 3.63) is 66.7 Å². The van der Waals surface area contributed by atoms with Gasteiger partial charge in [0.05, 0.1) is 11.4 Å². The molecule has 0 bridgehead atoms. The third kappa shape index (κ3) is 5.45. The van der Waals surface area contributed by atoms with Crippen molar-refractivity contribution in [2.75, 3.05) is 16.8 Å². The van der Waals surface area contributed by atoms with Crippen LogP contribution >= 0.6 is 0 Å². The Morgan fingerprint density at radius 2 is 2.03 bits per heavy atom.